The van der Waals surface area contributed by atoms with Crippen molar-refractivity contribution in [2.24, 2.45) is 0 Å². The van der Waals surface area contributed by atoms with Crippen LogP contribution < -0.4 is 9.46 Å². The Hall–Kier alpha value is -2.01. The van der Waals surface area contributed by atoms with Gasteiger partial charge in [0.2, 0.25) is 0 Å². The van der Waals surface area contributed by atoms with Gasteiger partial charge >= 0.3 is 0 Å². The van der Waals surface area contributed by atoms with Crippen LogP contribution in [0.3, 0.4) is 0 Å². The average Bonchev–Trinajstić information content (AvgIpc) is 2.39. The van der Waals surface area contributed by atoms with Crippen LogP contribution in [0.2, 0.25) is 0 Å². The molecule has 4 nitrogen and oxygen atoms in total. The van der Waals surface area contributed by atoms with Crippen molar-refractivity contribution in [1.29, 1.82) is 0 Å². The molecule has 0 aliphatic rings. The van der Waals surface area contributed by atoms with Crippen LogP contribution in [0.15, 0.2) is 59.5 Å². The van der Waals surface area contributed by atoms with E-state index in [4.69, 9.17) is 4.74 Å². The quantitative estimate of drug-likeness (QED) is 0.922. The molecule has 0 saturated carbocycles. The number of ether oxygens (including phenoxy) is 1. The molecule has 94 valence electrons. The molecular weight excluding hydrogens is 250 g/mol. The molecule has 0 heterocycles. The Balaban J connectivity index is 2.28. The summed E-state index contributed by atoms with van der Waals surface area (Å²) >= 11 is 0. The fourth-order valence-electron chi connectivity index (χ4n) is 1.50. The summed E-state index contributed by atoms with van der Waals surface area (Å²) in [5.41, 5.74) is 0.471. The van der Waals surface area contributed by atoms with Crippen LogP contribution in [0, 0.1) is 0 Å². The number of benzene rings is 2. The third-order valence-electron chi connectivity index (χ3n) is 2.38. The van der Waals surface area contributed by atoms with E-state index in [0.717, 1.165) is 0 Å². The van der Waals surface area contributed by atoms with Gasteiger partial charge in [0.1, 0.15) is 5.75 Å². The van der Waals surface area contributed by atoms with E-state index in [1.54, 1.807) is 54.6 Å². The largest absolute Gasteiger partial charge is 0.497 e. The Kier molecular flexibility index (Phi) is 3.53. The maximum absolute atomic E-state index is 12.0. The van der Waals surface area contributed by atoms with Crippen molar-refractivity contribution in [2.45, 2.75) is 4.90 Å². The molecule has 0 spiro atoms. The molecule has 0 radical (unpaired) electrons. The zero-order chi connectivity index (χ0) is 13.0. The van der Waals surface area contributed by atoms with Gasteiger partial charge in [0.15, 0.2) is 0 Å². The fourth-order valence-corrected chi connectivity index (χ4v) is 2.57. The molecule has 0 aliphatic carbocycles. The van der Waals surface area contributed by atoms with Crippen LogP contribution >= 0.6 is 0 Å². The van der Waals surface area contributed by atoms with E-state index in [1.807, 2.05) is 0 Å². The summed E-state index contributed by atoms with van der Waals surface area (Å²) in [6, 6.07) is 15.0. The lowest BCUT2D eigenvalue weighted by atomic mass is 10.3. The number of hydrogen-bond acceptors (Lipinski definition) is 3. The first-order valence-corrected chi connectivity index (χ1v) is 6.82. The van der Waals surface area contributed by atoms with Crippen LogP contribution in [-0.4, -0.2) is 15.5 Å². The van der Waals surface area contributed by atoms with Gasteiger partial charge in [-0.1, -0.05) is 24.3 Å². The first-order valence-electron chi connectivity index (χ1n) is 5.34. The summed E-state index contributed by atoms with van der Waals surface area (Å²) in [7, 11) is -2.01. The minimum Gasteiger partial charge on any atom is -0.497 e. The van der Waals surface area contributed by atoms with E-state index in [-0.39, 0.29) is 4.90 Å². The maximum Gasteiger partial charge on any atom is 0.261 e. The summed E-state index contributed by atoms with van der Waals surface area (Å²) in [5, 5.41) is 0. The zero-order valence-corrected chi connectivity index (χ0v) is 10.6. The highest BCUT2D eigenvalue weighted by molar-refractivity contribution is 7.92. The van der Waals surface area contributed by atoms with Crippen LogP contribution in [0.5, 0.6) is 5.75 Å². The van der Waals surface area contributed by atoms with Crippen LogP contribution in [0.4, 0.5) is 5.69 Å². The van der Waals surface area contributed by atoms with E-state index in [0.29, 0.717) is 11.4 Å². The predicted octanol–water partition coefficient (Wildman–Crippen LogP) is 2.50. The summed E-state index contributed by atoms with van der Waals surface area (Å²) < 4.78 is 31.6. The lowest BCUT2D eigenvalue weighted by Gasteiger charge is -2.09. The molecule has 5 heteroatoms. The smallest absolute Gasteiger partial charge is 0.261 e. The van der Waals surface area contributed by atoms with E-state index >= 15 is 0 Å². The van der Waals surface area contributed by atoms with Gasteiger partial charge < -0.3 is 4.74 Å². The average molecular weight is 263 g/mol. The van der Waals surface area contributed by atoms with Gasteiger partial charge in [-0.15, -0.1) is 0 Å². The lowest BCUT2D eigenvalue weighted by Crippen LogP contribution is -2.12. The Labute approximate surface area is 106 Å². The monoisotopic (exact) mass is 263 g/mol. The molecule has 0 bridgehead atoms. The van der Waals surface area contributed by atoms with Gasteiger partial charge in [-0.05, 0) is 24.3 Å². The molecule has 1 N–H and O–H groups in total. The van der Waals surface area contributed by atoms with Gasteiger partial charge in [0, 0.05) is 6.07 Å². The molecule has 18 heavy (non-hydrogen) atoms. The Morgan fingerprint density at radius 2 is 1.72 bits per heavy atom. The highest BCUT2D eigenvalue weighted by Gasteiger charge is 2.13. The maximum atomic E-state index is 12.0. The SMILES string of the molecule is COc1cccc(NS(=O)(=O)c2ccccc2)c1. The molecule has 0 aliphatic heterocycles. The molecule has 0 aromatic heterocycles. The lowest BCUT2D eigenvalue weighted by molar-refractivity contribution is 0.415. The molecule has 0 amide bonds. The predicted molar refractivity (Wildman–Crippen MR) is 70.2 cm³/mol. The molecule has 2 rings (SSSR count). The van der Waals surface area contributed by atoms with Gasteiger partial charge in [-0.3, -0.25) is 4.72 Å². The number of nitrogens with one attached hydrogen (secondary N) is 1. The standard InChI is InChI=1S/C13H13NO3S/c1-17-12-7-5-6-11(10-12)14-18(15,16)13-8-3-2-4-9-13/h2-10,14H,1H3. The first-order chi connectivity index (χ1) is 8.62. The Morgan fingerprint density at radius 1 is 1.00 bits per heavy atom. The van der Waals surface area contributed by atoms with Gasteiger partial charge in [0.05, 0.1) is 17.7 Å². The Morgan fingerprint density at radius 3 is 2.39 bits per heavy atom. The second-order valence-electron chi connectivity index (χ2n) is 3.65. The van der Waals surface area contributed by atoms with Crippen LogP contribution in [0.25, 0.3) is 0 Å². The molecule has 0 atom stereocenters. The molecular formula is C13H13NO3S. The minimum absolute atomic E-state index is 0.229. The number of anilines is 1. The van der Waals surface area contributed by atoms with Gasteiger partial charge in [0.25, 0.3) is 10.0 Å². The molecule has 2 aromatic rings. The summed E-state index contributed by atoms with van der Waals surface area (Å²) in [6.45, 7) is 0. The van der Waals surface area contributed by atoms with Crippen molar-refractivity contribution in [1.82, 2.24) is 0 Å². The first kappa shape index (κ1) is 12.4. The summed E-state index contributed by atoms with van der Waals surface area (Å²) in [4.78, 5) is 0.229. The number of rotatable bonds is 4. The minimum atomic E-state index is -3.54. The fraction of sp³-hybridized carbons (Fsp3) is 0.0769. The zero-order valence-electron chi connectivity index (χ0n) is 9.83. The van der Waals surface area contributed by atoms with Crippen molar-refractivity contribution < 1.29 is 13.2 Å². The van der Waals surface area contributed by atoms with Crippen molar-refractivity contribution in [2.75, 3.05) is 11.8 Å². The molecule has 2 aromatic carbocycles. The van der Waals surface area contributed by atoms with E-state index in [9.17, 15) is 8.42 Å². The van der Waals surface area contributed by atoms with Crippen molar-refractivity contribution in [3.05, 3.63) is 54.6 Å². The third kappa shape index (κ3) is 2.81. The van der Waals surface area contributed by atoms with Gasteiger partial charge in [-0.2, -0.15) is 0 Å². The topological polar surface area (TPSA) is 55.4 Å². The number of methoxy groups -OCH3 is 1. The second-order valence-corrected chi connectivity index (χ2v) is 5.33. The van der Waals surface area contributed by atoms with E-state index in [1.165, 1.54) is 7.11 Å². The summed E-state index contributed by atoms with van der Waals surface area (Å²) in [6.07, 6.45) is 0. The van der Waals surface area contributed by atoms with Crippen molar-refractivity contribution in [3.63, 3.8) is 0 Å². The van der Waals surface area contributed by atoms with E-state index in [2.05, 4.69) is 4.72 Å². The summed E-state index contributed by atoms with van der Waals surface area (Å²) in [5.74, 6) is 0.600. The number of sulfonamides is 1. The molecule has 0 unspecified atom stereocenters. The third-order valence-corrected chi connectivity index (χ3v) is 3.77. The normalized spacial score (nSPS) is 10.9. The van der Waals surface area contributed by atoms with Crippen LogP contribution in [0.1, 0.15) is 0 Å². The van der Waals surface area contributed by atoms with Crippen molar-refractivity contribution in [3.8, 4) is 5.75 Å². The van der Waals surface area contributed by atoms with E-state index < -0.39 is 10.0 Å². The highest BCUT2D eigenvalue weighted by atomic mass is 32.2. The Bertz CT molecular complexity index is 624. The highest BCUT2D eigenvalue weighted by Crippen LogP contribution is 2.20. The molecule has 0 fully saturated rings. The molecule has 0 saturated heterocycles. The second kappa shape index (κ2) is 5.10. The van der Waals surface area contributed by atoms with Crippen LogP contribution in [-0.2, 0) is 10.0 Å². The van der Waals surface area contributed by atoms with Gasteiger partial charge in [-0.25, -0.2) is 8.42 Å². The number of hydrogen-bond donors (Lipinski definition) is 1. The van der Waals surface area contributed by atoms with Crippen molar-refractivity contribution >= 4 is 15.7 Å².